The molecular formula is C30H31N7O3. The topological polar surface area (TPSA) is 102 Å². The van der Waals surface area contributed by atoms with Crippen LogP contribution in [0.25, 0.3) is 22.1 Å². The van der Waals surface area contributed by atoms with Gasteiger partial charge in [-0.15, -0.1) is 0 Å². The lowest BCUT2D eigenvalue weighted by atomic mass is 10.1. The molecule has 10 heteroatoms. The Hall–Kier alpha value is -4.28. The Balaban J connectivity index is 1.04. The number of benzene rings is 2. The summed E-state index contributed by atoms with van der Waals surface area (Å²) in [6.07, 6.45) is 3.22. The first-order valence-electron chi connectivity index (χ1n) is 13.8. The molecule has 5 aromatic rings. The summed E-state index contributed by atoms with van der Waals surface area (Å²) < 4.78 is 9.81. The highest BCUT2D eigenvalue weighted by Gasteiger charge is 2.25. The number of anilines is 1. The molecule has 2 fully saturated rings. The first-order chi connectivity index (χ1) is 19.6. The van der Waals surface area contributed by atoms with Crippen LogP contribution in [0.2, 0.25) is 0 Å². The second-order valence-electron chi connectivity index (χ2n) is 10.6. The second kappa shape index (κ2) is 10.4. The van der Waals surface area contributed by atoms with Crippen molar-refractivity contribution in [1.29, 1.82) is 0 Å². The van der Waals surface area contributed by atoms with Gasteiger partial charge in [-0.1, -0.05) is 30.3 Å². The summed E-state index contributed by atoms with van der Waals surface area (Å²) in [7, 11) is 0. The van der Waals surface area contributed by atoms with Crippen LogP contribution >= 0.6 is 0 Å². The van der Waals surface area contributed by atoms with Crippen molar-refractivity contribution < 1.29 is 14.6 Å². The van der Waals surface area contributed by atoms with Crippen LogP contribution in [0.4, 0.5) is 5.82 Å². The van der Waals surface area contributed by atoms with E-state index < -0.39 is 5.97 Å². The van der Waals surface area contributed by atoms with Gasteiger partial charge in [0.1, 0.15) is 11.6 Å². The van der Waals surface area contributed by atoms with Gasteiger partial charge in [-0.25, -0.2) is 14.8 Å². The van der Waals surface area contributed by atoms with Crippen molar-refractivity contribution in [3.05, 3.63) is 83.8 Å². The minimum Gasteiger partial charge on any atom is -0.478 e. The standard InChI is InChI=1S/C30H31N7O3/c38-30(39)22-6-8-25-26(16-22)37(19-24-10-15-40-24)28(31-25)20-34-11-13-35(14-12-34)27-9-7-23-18-36(33-29(23)32-27)17-21-4-2-1-3-5-21/h1-9,16,18,24H,10-15,17,19-20H2,(H,38,39). The van der Waals surface area contributed by atoms with Crippen molar-refractivity contribution >= 4 is 33.9 Å². The summed E-state index contributed by atoms with van der Waals surface area (Å²) in [5.74, 6) is 0.972. The smallest absolute Gasteiger partial charge is 0.335 e. The number of hydrogen-bond donors (Lipinski definition) is 1. The van der Waals surface area contributed by atoms with E-state index in [1.54, 1.807) is 18.2 Å². The zero-order chi connectivity index (χ0) is 27.1. The van der Waals surface area contributed by atoms with Crippen LogP contribution in [0, 0.1) is 0 Å². The van der Waals surface area contributed by atoms with E-state index in [2.05, 4.69) is 44.8 Å². The number of imidazole rings is 1. The number of carboxylic acid groups (broad SMARTS) is 1. The molecule has 7 rings (SSSR count). The van der Waals surface area contributed by atoms with Gasteiger partial charge in [0.05, 0.1) is 42.3 Å². The summed E-state index contributed by atoms with van der Waals surface area (Å²) in [5, 5.41) is 15.3. The van der Waals surface area contributed by atoms with E-state index >= 15 is 0 Å². The number of hydrogen-bond acceptors (Lipinski definition) is 7. The number of carboxylic acids is 1. The molecule has 0 radical (unpaired) electrons. The number of piperazine rings is 1. The third kappa shape index (κ3) is 4.91. The fraction of sp³-hybridized carbons (Fsp3) is 0.333. The molecule has 0 spiro atoms. The molecular weight excluding hydrogens is 506 g/mol. The Labute approximate surface area is 231 Å². The van der Waals surface area contributed by atoms with E-state index in [-0.39, 0.29) is 11.7 Å². The van der Waals surface area contributed by atoms with Gasteiger partial charge in [0.2, 0.25) is 0 Å². The molecule has 5 heterocycles. The van der Waals surface area contributed by atoms with Gasteiger partial charge in [-0.3, -0.25) is 9.58 Å². The van der Waals surface area contributed by atoms with Crippen LogP contribution in [0.3, 0.4) is 0 Å². The van der Waals surface area contributed by atoms with E-state index in [1.807, 2.05) is 22.9 Å². The molecule has 10 nitrogen and oxygen atoms in total. The molecule has 1 N–H and O–H groups in total. The SMILES string of the molecule is O=C(O)c1ccc2nc(CN3CCN(c4ccc5cn(Cc6ccccc6)nc5n4)CC3)n(CC3CCO3)c2c1. The zero-order valence-electron chi connectivity index (χ0n) is 22.2. The lowest BCUT2D eigenvalue weighted by molar-refractivity contribution is -0.0592. The van der Waals surface area contributed by atoms with E-state index in [1.165, 1.54) is 5.56 Å². The molecule has 0 bridgehead atoms. The van der Waals surface area contributed by atoms with Crippen LogP contribution in [0.1, 0.15) is 28.2 Å². The summed E-state index contributed by atoms with van der Waals surface area (Å²) in [6, 6.07) is 19.7. The predicted molar refractivity (Wildman–Crippen MR) is 152 cm³/mol. The first-order valence-corrected chi connectivity index (χ1v) is 13.8. The predicted octanol–water partition coefficient (Wildman–Crippen LogP) is 3.64. The Bertz CT molecular complexity index is 1670. The van der Waals surface area contributed by atoms with E-state index in [0.717, 1.165) is 79.5 Å². The molecule has 1 atom stereocenters. The number of ether oxygens (including phenoxy) is 1. The van der Waals surface area contributed by atoms with Crippen molar-refractivity contribution in [3.63, 3.8) is 0 Å². The minimum absolute atomic E-state index is 0.152. The number of aromatic carboxylic acids is 1. The van der Waals surface area contributed by atoms with Crippen molar-refractivity contribution in [3.8, 4) is 0 Å². The average Bonchev–Trinajstić information content (AvgIpc) is 3.50. The molecule has 2 aliphatic heterocycles. The Morgan fingerprint density at radius 1 is 0.975 bits per heavy atom. The quantitative estimate of drug-likeness (QED) is 0.320. The molecule has 204 valence electrons. The molecule has 0 aliphatic carbocycles. The highest BCUT2D eigenvalue weighted by molar-refractivity contribution is 5.92. The average molecular weight is 538 g/mol. The summed E-state index contributed by atoms with van der Waals surface area (Å²) in [5.41, 5.74) is 3.93. The highest BCUT2D eigenvalue weighted by Crippen LogP contribution is 2.24. The van der Waals surface area contributed by atoms with Gasteiger partial charge in [0.25, 0.3) is 0 Å². The van der Waals surface area contributed by atoms with Crippen molar-refractivity contribution in [2.75, 3.05) is 37.7 Å². The molecule has 40 heavy (non-hydrogen) atoms. The van der Waals surface area contributed by atoms with Crippen LogP contribution < -0.4 is 4.90 Å². The number of fused-ring (bicyclic) bond motifs is 2. The van der Waals surface area contributed by atoms with Gasteiger partial charge in [0.15, 0.2) is 5.65 Å². The monoisotopic (exact) mass is 537 g/mol. The van der Waals surface area contributed by atoms with E-state index in [0.29, 0.717) is 13.1 Å². The number of nitrogens with zero attached hydrogens (tertiary/aromatic N) is 7. The van der Waals surface area contributed by atoms with Gasteiger partial charge < -0.3 is 19.3 Å². The number of aromatic nitrogens is 5. The summed E-state index contributed by atoms with van der Waals surface area (Å²) in [4.78, 5) is 26.1. The fourth-order valence-corrected chi connectivity index (χ4v) is 5.57. The minimum atomic E-state index is -0.929. The Morgan fingerprint density at radius 2 is 1.80 bits per heavy atom. The number of rotatable bonds is 8. The molecule has 0 amide bonds. The molecule has 2 aliphatic rings. The second-order valence-corrected chi connectivity index (χ2v) is 10.6. The van der Waals surface area contributed by atoms with Crippen molar-refractivity contribution in [2.24, 2.45) is 0 Å². The first kappa shape index (κ1) is 24.7. The Morgan fingerprint density at radius 3 is 2.55 bits per heavy atom. The van der Waals surface area contributed by atoms with Crippen LogP contribution in [-0.4, -0.2) is 79.2 Å². The third-order valence-corrected chi connectivity index (χ3v) is 7.90. The maximum absolute atomic E-state index is 11.6. The largest absolute Gasteiger partial charge is 0.478 e. The zero-order valence-corrected chi connectivity index (χ0v) is 22.2. The lowest BCUT2D eigenvalue weighted by Gasteiger charge is -2.35. The van der Waals surface area contributed by atoms with E-state index in [9.17, 15) is 9.90 Å². The number of carbonyl (C=O) groups is 1. The third-order valence-electron chi connectivity index (χ3n) is 7.90. The van der Waals surface area contributed by atoms with Gasteiger partial charge in [0, 0.05) is 44.4 Å². The number of pyridine rings is 1. The maximum atomic E-state index is 11.6. The van der Waals surface area contributed by atoms with Crippen molar-refractivity contribution in [2.45, 2.75) is 32.2 Å². The van der Waals surface area contributed by atoms with Gasteiger partial charge in [-0.05, 0) is 42.3 Å². The molecule has 0 saturated carbocycles. The highest BCUT2D eigenvalue weighted by atomic mass is 16.5. The van der Waals surface area contributed by atoms with Gasteiger partial charge in [-0.2, -0.15) is 5.10 Å². The molecule has 2 saturated heterocycles. The van der Waals surface area contributed by atoms with E-state index in [4.69, 9.17) is 19.8 Å². The fourth-order valence-electron chi connectivity index (χ4n) is 5.57. The molecule has 3 aromatic heterocycles. The van der Waals surface area contributed by atoms with Crippen LogP contribution in [0.5, 0.6) is 0 Å². The van der Waals surface area contributed by atoms with Crippen LogP contribution in [0.15, 0.2) is 66.9 Å². The Kier molecular flexibility index (Phi) is 6.41. The summed E-state index contributed by atoms with van der Waals surface area (Å²) >= 11 is 0. The van der Waals surface area contributed by atoms with Crippen LogP contribution in [-0.2, 0) is 24.4 Å². The molecule has 1 unspecified atom stereocenters. The molecule has 2 aromatic carbocycles. The van der Waals surface area contributed by atoms with Gasteiger partial charge >= 0.3 is 5.97 Å². The lowest BCUT2D eigenvalue weighted by Crippen LogP contribution is -2.46. The summed E-state index contributed by atoms with van der Waals surface area (Å²) in [6.45, 7) is 6.38. The maximum Gasteiger partial charge on any atom is 0.335 e. The van der Waals surface area contributed by atoms with Crippen molar-refractivity contribution in [1.82, 2.24) is 29.2 Å². The normalized spacial score (nSPS) is 17.9.